The highest BCUT2D eigenvalue weighted by Gasteiger charge is 2.56. The molecule has 4 heterocycles. The Bertz CT molecular complexity index is 1350. The van der Waals surface area contributed by atoms with Crippen molar-refractivity contribution in [3.8, 4) is 0 Å². The summed E-state index contributed by atoms with van der Waals surface area (Å²) < 4.78 is 42.4. The number of benzene rings is 1. The summed E-state index contributed by atoms with van der Waals surface area (Å²) in [5.41, 5.74) is -2.42. The minimum Gasteiger partial charge on any atom is -0.371 e. The molecule has 1 aromatic carbocycles. The number of rotatable bonds is 3. The van der Waals surface area contributed by atoms with Crippen molar-refractivity contribution in [3.63, 3.8) is 0 Å². The smallest absolute Gasteiger partial charge is 0.272 e. The minimum atomic E-state index is -1.57. The van der Waals surface area contributed by atoms with Crippen molar-refractivity contribution in [2.75, 3.05) is 6.54 Å². The quantitative estimate of drug-likeness (QED) is 0.567. The van der Waals surface area contributed by atoms with Crippen LogP contribution in [-0.2, 0) is 16.2 Å². The molecule has 13 heteroatoms. The molecule has 2 saturated heterocycles. The van der Waals surface area contributed by atoms with Crippen LogP contribution >= 0.6 is 0 Å². The van der Waals surface area contributed by atoms with Crippen LogP contribution in [0.25, 0.3) is 0 Å². The molecule has 2 bridgehead atoms. The molecule has 3 unspecified atom stereocenters. The van der Waals surface area contributed by atoms with Crippen LogP contribution in [0.1, 0.15) is 58.6 Å². The van der Waals surface area contributed by atoms with Crippen molar-refractivity contribution in [2.24, 2.45) is 0 Å². The first kappa shape index (κ1) is 24.0. The number of hydrogen-bond donors (Lipinski definition) is 3. The van der Waals surface area contributed by atoms with Crippen LogP contribution in [-0.4, -0.2) is 50.2 Å². The third-order valence-corrected chi connectivity index (χ3v) is 7.05. The SMILES string of the molecule is CC1(O)CCC2(CC(=O)NO2)C2CN1C(=O)c1cc(=O)c(C(=O)NCc3c(F)cc(F)cc3F)cn12. The van der Waals surface area contributed by atoms with Gasteiger partial charge in [-0.25, -0.2) is 18.7 Å². The highest BCUT2D eigenvalue weighted by molar-refractivity contribution is 5.97. The van der Waals surface area contributed by atoms with E-state index in [9.17, 15) is 37.5 Å². The topological polar surface area (TPSA) is 130 Å². The summed E-state index contributed by atoms with van der Waals surface area (Å²) in [4.78, 5) is 57.7. The lowest BCUT2D eigenvalue weighted by atomic mass is 9.85. The van der Waals surface area contributed by atoms with Crippen LogP contribution in [0.3, 0.4) is 0 Å². The molecule has 190 valence electrons. The van der Waals surface area contributed by atoms with Gasteiger partial charge in [0.15, 0.2) is 5.43 Å². The summed E-state index contributed by atoms with van der Waals surface area (Å²) in [5.74, 6) is -5.56. The lowest BCUT2D eigenvalue weighted by Gasteiger charge is -2.43. The first-order valence-corrected chi connectivity index (χ1v) is 11.1. The Morgan fingerprint density at radius 2 is 1.89 bits per heavy atom. The van der Waals surface area contributed by atoms with Gasteiger partial charge in [-0.2, -0.15) is 0 Å². The Morgan fingerprint density at radius 3 is 2.53 bits per heavy atom. The van der Waals surface area contributed by atoms with E-state index in [1.54, 1.807) is 0 Å². The normalized spacial score (nSPS) is 27.0. The zero-order chi connectivity index (χ0) is 26.0. The summed E-state index contributed by atoms with van der Waals surface area (Å²) in [5, 5.41) is 13.2. The van der Waals surface area contributed by atoms with Gasteiger partial charge in [0.1, 0.15) is 40.0 Å². The van der Waals surface area contributed by atoms with Crippen LogP contribution in [0.15, 0.2) is 29.2 Å². The summed E-state index contributed by atoms with van der Waals surface area (Å²) >= 11 is 0. The van der Waals surface area contributed by atoms with Crippen molar-refractivity contribution < 1.29 is 37.5 Å². The molecule has 0 aliphatic carbocycles. The number of fused-ring (bicyclic) bond motifs is 5. The molecule has 10 nitrogen and oxygen atoms in total. The highest BCUT2D eigenvalue weighted by Crippen LogP contribution is 2.46. The maximum Gasteiger partial charge on any atom is 0.272 e. The lowest BCUT2D eigenvalue weighted by molar-refractivity contribution is -0.128. The zero-order valence-electron chi connectivity index (χ0n) is 18.9. The third kappa shape index (κ3) is 3.75. The first-order valence-electron chi connectivity index (χ1n) is 11.1. The Kier molecular flexibility index (Phi) is 5.45. The van der Waals surface area contributed by atoms with Crippen molar-refractivity contribution in [1.29, 1.82) is 0 Å². The number of halogens is 3. The second kappa shape index (κ2) is 8.17. The fraction of sp³-hybridized carbons (Fsp3) is 0.391. The summed E-state index contributed by atoms with van der Waals surface area (Å²) in [6.45, 7) is 0.723. The van der Waals surface area contributed by atoms with Gasteiger partial charge in [-0.15, -0.1) is 0 Å². The number of aliphatic hydroxyl groups is 1. The van der Waals surface area contributed by atoms with E-state index in [2.05, 4.69) is 10.8 Å². The molecule has 2 fully saturated rings. The first-order chi connectivity index (χ1) is 16.9. The molecule has 3 N–H and O–H groups in total. The maximum atomic E-state index is 13.9. The van der Waals surface area contributed by atoms with E-state index in [-0.39, 0.29) is 31.5 Å². The molecular formula is C23H21F3N4O6. The molecule has 3 aliphatic heterocycles. The number of nitrogens with zero attached hydrogens (tertiary/aromatic N) is 2. The van der Waals surface area contributed by atoms with Crippen LogP contribution in [0.5, 0.6) is 0 Å². The summed E-state index contributed by atoms with van der Waals surface area (Å²) in [6, 6.07) is 1.12. The molecular weight excluding hydrogens is 485 g/mol. The monoisotopic (exact) mass is 506 g/mol. The molecule has 1 aromatic heterocycles. The van der Waals surface area contributed by atoms with Crippen LogP contribution in [0.4, 0.5) is 13.2 Å². The number of aromatic nitrogens is 1. The van der Waals surface area contributed by atoms with Crippen molar-refractivity contribution in [2.45, 2.75) is 50.1 Å². The van der Waals surface area contributed by atoms with Gasteiger partial charge >= 0.3 is 0 Å². The lowest BCUT2D eigenvalue weighted by Crippen LogP contribution is -2.56. The molecule has 1 spiro atoms. The molecule has 0 saturated carbocycles. The van der Waals surface area contributed by atoms with E-state index in [0.29, 0.717) is 12.1 Å². The fourth-order valence-corrected chi connectivity index (χ4v) is 5.05. The van der Waals surface area contributed by atoms with Crippen molar-refractivity contribution >= 4 is 17.7 Å². The van der Waals surface area contributed by atoms with Crippen LogP contribution < -0.4 is 16.2 Å². The Balaban J connectivity index is 1.53. The third-order valence-electron chi connectivity index (χ3n) is 7.05. The number of carbonyl (C=O) groups is 3. The van der Waals surface area contributed by atoms with E-state index in [4.69, 9.17) is 4.84 Å². The average Bonchev–Trinajstić information content (AvgIpc) is 3.14. The zero-order valence-corrected chi connectivity index (χ0v) is 18.9. The number of pyridine rings is 1. The van der Waals surface area contributed by atoms with Gasteiger partial charge < -0.3 is 19.9 Å². The molecule has 0 radical (unpaired) electrons. The van der Waals surface area contributed by atoms with Gasteiger partial charge in [0, 0.05) is 43.0 Å². The highest BCUT2D eigenvalue weighted by atomic mass is 19.1. The van der Waals surface area contributed by atoms with Gasteiger partial charge in [0.05, 0.1) is 12.5 Å². The predicted molar refractivity (Wildman–Crippen MR) is 115 cm³/mol. The molecule has 3 atom stereocenters. The van der Waals surface area contributed by atoms with Crippen LogP contribution in [0.2, 0.25) is 0 Å². The number of nitrogens with one attached hydrogen (secondary N) is 2. The van der Waals surface area contributed by atoms with Gasteiger partial charge in [-0.1, -0.05) is 0 Å². The van der Waals surface area contributed by atoms with E-state index in [1.165, 1.54) is 16.4 Å². The summed E-state index contributed by atoms with van der Waals surface area (Å²) in [7, 11) is 0. The van der Waals surface area contributed by atoms with Gasteiger partial charge in [-0.3, -0.25) is 24.0 Å². The van der Waals surface area contributed by atoms with E-state index < -0.39 is 75.6 Å². The number of amides is 3. The second-order valence-electron chi connectivity index (χ2n) is 9.39. The number of hydroxylamine groups is 1. The molecule has 3 amide bonds. The molecule has 3 aliphatic rings. The Labute approximate surface area is 201 Å². The Morgan fingerprint density at radius 1 is 1.19 bits per heavy atom. The van der Waals surface area contributed by atoms with Gasteiger partial charge in [0.2, 0.25) is 5.91 Å². The largest absolute Gasteiger partial charge is 0.371 e. The maximum absolute atomic E-state index is 13.9. The van der Waals surface area contributed by atoms with E-state index >= 15 is 0 Å². The van der Waals surface area contributed by atoms with Gasteiger partial charge in [0.25, 0.3) is 11.8 Å². The van der Waals surface area contributed by atoms with Crippen molar-refractivity contribution in [3.05, 3.63) is 68.9 Å². The molecule has 36 heavy (non-hydrogen) atoms. The molecule has 2 aromatic rings. The number of carbonyl (C=O) groups excluding carboxylic acids is 3. The van der Waals surface area contributed by atoms with E-state index in [0.717, 1.165) is 12.3 Å². The standard InChI is InChI=1S/C23H21F3N4O6/c1-22(35)2-3-23(7-19(32)28-36-23)18-10-30(22)21(34)16-6-17(31)13(9-29(16)18)20(33)27-8-12-14(25)4-11(24)5-15(12)26/h4-6,9,18,35H,2-3,7-8,10H2,1H3,(H,27,33)(H,28,32). The average molecular weight is 506 g/mol. The van der Waals surface area contributed by atoms with E-state index in [1.807, 2.05) is 0 Å². The van der Waals surface area contributed by atoms with Crippen molar-refractivity contribution in [1.82, 2.24) is 20.3 Å². The number of hydrogen-bond acceptors (Lipinski definition) is 6. The molecule has 5 rings (SSSR count). The second-order valence-corrected chi connectivity index (χ2v) is 9.39. The Hall–Kier alpha value is -3.71. The minimum absolute atomic E-state index is 0.0657. The van der Waals surface area contributed by atoms with Gasteiger partial charge in [-0.05, 0) is 19.8 Å². The predicted octanol–water partition coefficient (Wildman–Crippen LogP) is 0.885. The summed E-state index contributed by atoms with van der Waals surface area (Å²) in [6.07, 6.45) is 1.33. The fourth-order valence-electron chi connectivity index (χ4n) is 5.05. The van der Waals surface area contributed by atoms with Crippen LogP contribution in [0, 0.1) is 17.5 Å².